The number of anilines is 2. The lowest BCUT2D eigenvalue weighted by Crippen LogP contribution is -2.48. The number of rotatable bonds is 5. The second-order valence-corrected chi connectivity index (χ2v) is 7.78. The fourth-order valence-corrected chi connectivity index (χ4v) is 3.89. The smallest absolute Gasteiger partial charge is 0.319 e. The summed E-state index contributed by atoms with van der Waals surface area (Å²) < 4.78 is 5.35. The number of hydrogen-bond donors (Lipinski definition) is 3. The highest BCUT2D eigenvalue weighted by molar-refractivity contribution is 6.34. The fraction of sp³-hybridized carbons (Fsp3) is 0.550. The Labute approximate surface area is 175 Å². The van der Waals surface area contributed by atoms with Gasteiger partial charge in [0.1, 0.15) is 5.75 Å². The Balaban J connectivity index is 1.52. The summed E-state index contributed by atoms with van der Waals surface area (Å²) in [4.78, 5) is 38.2. The zero-order valence-electron chi connectivity index (χ0n) is 16.7. The lowest BCUT2D eigenvalue weighted by molar-refractivity contribution is -0.136. The zero-order chi connectivity index (χ0) is 21.0. The summed E-state index contributed by atoms with van der Waals surface area (Å²) >= 11 is 6.21. The van der Waals surface area contributed by atoms with Gasteiger partial charge in [-0.2, -0.15) is 0 Å². The molecule has 158 valence electrons. The zero-order valence-corrected chi connectivity index (χ0v) is 17.5. The van der Waals surface area contributed by atoms with Crippen molar-refractivity contribution in [1.29, 1.82) is 0 Å². The Morgan fingerprint density at radius 3 is 2.62 bits per heavy atom. The van der Waals surface area contributed by atoms with Gasteiger partial charge in [-0.3, -0.25) is 9.59 Å². The molecule has 1 aromatic rings. The van der Waals surface area contributed by atoms with Crippen LogP contribution in [0.25, 0.3) is 0 Å². The second kappa shape index (κ2) is 9.35. The first-order chi connectivity index (χ1) is 13.9. The molecule has 4 amide bonds. The number of halogens is 1. The van der Waals surface area contributed by atoms with Gasteiger partial charge in [0.25, 0.3) is 5.91 Å². The number of carbonyl (C=O) groups excluding carboxylic acids is 3. The molecule has 0 atom stereocenters. The summed E-state index contributed by atoms with van der Waals surface area (Å²) in [7, 11) is 0. The Kier molecular flexibility index (Phi) is 6.84. The normalized spacial score (nSPS) is 16.7. The predicted molar refractivity (Wildman–Crippen MR) is 111 cm³/mol. The molecule has 29 heavy (non-hydrogen) atoms. The van der Waals surface area contributed by atoms with Crippen LogP contribution in [-0.4, -0.2) is 48.5 Å². The van der Waals surface area contributed by atoms with Crippen molar-refractivity contribution in [2.45, 2.75) is 45.6 Å². The van der Waals surface area contributed by atoms with Gasteiger partial charge in [0, 0.05) is 31.1 Å². The Morgan fingerprint density at radius 2 is 1.97 bits per heavy atom. The molecular weight excluding hydrogens is 396 g/mol. The van der Waals surface area contributed by atoms with E-state index >= 15 is 0 Å². The third-order valence-corrected chi connectivity index (χ3v) is 5.74. The number of amides is 4. The highest BCUT2D eigenvalue weighted by Crippen LogP contribution is 2.36. The standard InChI is InChI=1S/C20H27ClN4O4/c1-3-12(4-2)19(27)25-7-5-13(6-8-25)22-20(28)24-15-10-17-16(9-14(15)21)23-18(26)11-29-17/h9-10,12-13H,3-8,11H2,1-2H3,(H,23,26)(H2,22,24,28). The number of likely N-dealkylation sites (tertiary alicyclic amines) is 1. The van der Waals surface area contributed by atoms with E-state index in [1.165, 1.54) is 0 Å². The van der Waals surface area contributed by atoms with Gasteiger partial charge in [-0.15, -0.1) is 0 Å². The lowest BCUT2D eigenvalue weighted by atomic mass is 9.98. The lowest BCUT2D eigenvalue weighted by Gasteiger charge is -2.34. The molecule has 1 saturated heterocycles. The van der Waals surface area contributed by atoms with Crippen LogP contribution in [0, 0.1) is 5.92 Å². The number of hydrogen-bond acceptors (Lipinski definition) is 4. The first-order valence-corrected chi connectivity index (χ1v) is 10.4. The third kappa shape index (κ3) is 5.12. The maximum atomic E-state index is 12.5. The summed E-state index contributed by atoms with van der Waals surface area (Å²) in [6.45, 7) is 5.29. The average molecular weight is 423 g/mol. The molecule has 0 spiro atoms. The van der Waals surface area contributed by atoms with Crippen LogP contribution in [0.3, 0.4) is 0 Å². The van der Waals surface area contributed by atoms with Crippen molar-refractivity contribution in [2.24, 2.45) is 5.92 Å². The molecule has 1 fully saturated rings. The quantitative estimate of drug-likeness (QED) is 0.678. The Morgan fingerprint density at radius 1 is 1.28 bits per heavy atom. The maximum absolute atomic E-state index is 12.5. The highest BCUT2D eigenvalue weighted by Gasteiger charge is 2.27. The van der Waals surface area contributed by atoms with Crippen LogP contribution >= 0.6 is 11.6 Å². The van der Waals surface area contributed by atoms with E-state index in [0.29, 0.717) is 48.1 Å². The minimum atomic E-state index is -0.364. The van der Waals surface area contributed by atoms with E-state index in [4.69, 9.17) is 16.3 Å². The van der Waals surface area contributed by atoms with Gasteiger partial charge in [-0.25, -0.2) is 4.79 Å². The monoisotopic (exact) mass is 422 g/mol. The largest absolute Gasteiger partial charge is 0.482 e. The van der Waals surface area contributed by atoms with E-state index in [0.717, 1.165) is 12.8 Å². The molecule has 9 heteroatoms. The van der Waals surface area contributed by atoms with Crippen molar-refractivity contribution in [2.75, 3.05) is 30.3 Å². The number of nitrogens with zero attached hydrogens (tertiary/aromatic N) is 1. The number of nitrogens with one attached hydrogen (secondary N) is 3. The number of piperidine rings is 1. The van der Waals surface area contributed by atoms with Crippen molar-refractivity contribution in [3.05, 3.63) is 17.2 Å². The first kappa shape index (κ1) is 21.2. The number of fused-ring (bicyclic) bond motifs is 1. The molecule has 0 radical (unpaired) electrons. The molecule has 2 aliphatic heterocycles. The van der Waals surface area contributed by atoms with E-state index < -0.39 is 0 Å². The van der Waals surface area contributed by atoms with E-state index in [9.17, 15) is 14.4 Å². The average Bonchev–Trinajstić information content (AvgIpc) is 2.70. The van der Waals surface area contributed by atoms with Crippen LogP contribution in [0.1, 0.15) is 39.5 Å². The van der Waals surface area contributed by atoms with Crippen LogP contribution in [0.2, 0.25) is 5.02 Å². The van der Waals surface area contributed by atoms with Crippen molar-refractivity contribution >= 4 is 40.8 Å². The summed E-state index contributed by atoms with van der Waals surface area (Å²) in [5.41, 5.74) is 0.882. The molecule has 0 aromatic heterocycles. The number of ether oxygens (including phenoxy) is 1. The van der Waals surface area contributed by atoms with Gasteiger partial charge in [0.05, 0.1) is 16.4 Å². The second-order valence-electron chi connectivity index (χ2n) is 7.38. The Hall–Kier alpha value is -2.48. The molecule has 8 nitrogen and oxygen atoms in total. The predicted octanol–water partition coefficient (Wildman–Crippen LogP) is 3.22. The number of carbonyl (C=O) groups is 3. The molecule has 0 unspecified atom stereocenters. The molecule has 0 bridgehead atoms. The van der Waals surface area contributed by atoms with Gasteiger partial charge in [0.15, 0.2) is 6.61 Å². The molecule has 3 N–H and O–H groups in total. The molecule has 1 aromatic carbocycles. The summed E-state index contributed by atoms with van der Waals surface area (Å²) in [6, 6.07) is 2.77. The molecule has 3 rings (SSSR count). The van der Waals surface area contributed by atoms with Gasteiger partial charge < -0.3 is 25.6 Å². The van der Waals surface area contributed by atoms with E-state index in [1.807, 2.05) is 18.7 Å². The van der Waals surface area contributed by atoms with Crippen molar-refractivity contribution in [1.82, 2.24) is 10.2 Å². The topological polar surface area (TPSA) is 99.8 Å². The summed E-state index contributed by atoms with van der Waals surface area (Å²) in [5.74, 6) is 0.505. The number of urea groups is 1. The minimum Gasteiger partial charge on any atom is -0.482 e. The van der Waals surface area contributed by atoms with Gasteiger partial charge in [-0.1, -0.05) is 25.4 Å². The van der Waals surface area contributed by atoms with Crippen molar-refractivity contribution in [3.63, 3.8) is 0 Å². The van der Waals surface area contributed by atoms with Crippen LogP contribution < -0.4 is 20.7 Å². The van der Waals surface area contributed by atoms with Gasteiger partial charge in [0.2, 0.25) is 5.91 Å². The van der Waals surface area contributed by atoms with Gasteiger partial charge >= 0.3 is 6.03 Å². The SMILES string of the molecule is CCC(CC)C(=O)N1CCC(NC(=O)Nc2cc3c(cc2Cl)NC(=O)CO3)CC1. The maximum Gasteiger partial charge on any atom is 0.319 e. The first-order valence-electron chi connectivity index (χ1n) is 10.0. The van der Waals surface area contributed by atoms with E-state index in [1.54, 1.807) is 12.1 Å². The summed E-state index contributed by atoms with van der Waals surface area (Å²) in [6.07, 6.45) is 3.13. The molecule has 2 aliphatic rings. The van der Waals surface area contributed by atoms with Crippen molar-refractivity contribution in [3.8, 4) is 5.75 Å². The Bertz CT molecular complexity index is 789. The highest BCUT2D eigenvalue weighted by atomic mass is 35.5. The number of benzene rings is 1. The molecule has 0 saturated carbocycles. The van der Waals surface area contributed by atoms with Crippen LogP contribution in [0.15, 0.2) is 12.1 Å². The van der Waals surface area contributed by atoms with E-state index in [-0.39, 0.29) is 36.4 Å². The molecular formula is C20H27ClN4O4. The third-order valence-electron chi connectivity index (χ3n) is 5.43. The summed E-state index contributed by atoms with van der Waals surface area (Å²) in [5, 5.41) is 8.64. The minimum absolute atomic E-state index is 0.00676. The van der Waals surface area contributed by atoms with E-state index in [2.05, 4.69) is 16.0 Å². The molecule has 0 aliphatic carbocycles. The van der Waals surface area contributed by atoms with Crippen molar-refractivity contribution < 1.29 is 19.1 Å². The van der Waals surface area contributed by atoms with Crippen LogP contribution in [-0.2, 0) is 9.59 Å². The fourth-order valence-electron chi connectivity index (χ4n) is 3.68. The molecule has 2 heterocycles. The van der Waals surface area contributed by atoms with Crippen LogP contribution in [0.5, 0.6) is 5.75 Å². The van der Waals surface area contributed by atoms with Crippen LogP contribution in [0.4, 0.5) is 16.2 Å². The van der Waals surface area contributed by atoms with Gasteiger partial charge in [-0.05, 0) is 31.7 Å².